The Morgan fingerprint density at radius 1 is 1.03 bits per heavy atom. The predicted octanol–water partition coefficient (Wildman–Crippen LogP) is 3.37. The van der Waals surface area contributed by atoms with Crippen LogP contribution in [0.3, 0.4) is 0 Å². The maximum atomic E-state index is 13.6. The largest absolute Gasteiger partial charge is 0.450 e. The van der Waals surface area contributed by atoms with Crippen LogP contribution in [0.1, 0.15) is 40.2 Å². The van der Waals surface area contributed by atoms with Crippen molar-refractivity contribution in [3.8, 4) is 0 Å². The van der Waals surface area contributed by atoms with Crippen LogP contribution in [0.25, 0.3) is 11.0 Å². The minimum absolute atomic E-state index is 0.0862. The number of hydrogen-bond donors (Lipinski definition) is 0. The summed E-state index contributed by atoms with van der Waals surface area (Å²) in [5.74, 6) is -0.583. The number of morpholine rings is 1. The molecule has 3 heterocycles. The van der Waals surface area contributed by atoms with E-state index in [1.807, 2.05) is 19.1 Å². The lowest BCUT2D eigenvalue weighted by Gasteiger charge is -2.31. The molecule has 5 rings (SSSR count). The molecule has 6 nitrogen and oxygen atoms in total. The van der Waals surface area contributed by atoms with E-state index in [4.69, 9.17) is 9.15 Å². The topological polar surface area (TPSA) is 63.0 Å². The van der Waals surface area contributed by atoms with Crippen LogP contribution < -0.4 is 5.43 Å². The zero-order valence-electron chi connectivity index (χ0n) is 18.0. The first kappa shape index (κ1) is 20.8. The van der Waals surface area contributed by atoms with Crippen molar-refractivity contribution < 1.29 is 18.3 Å². The Hall–Kier alpha value is -3.03. The van der Waals surface area contributed by atoms with Crippen LogP contribution in [0, 0.1) is 5.82 Å². The van der Waals surface area contributed by atoms with Crippen molar-refractivity contribution >= 4 is 16.9 Å². The van der Waals surface area contributed by atoms with E-state index in [0.717, 1.165) is 25.1 Å². The van der Waals surface area contributed by atoms with Gasteiger partial charge < -0.3 is 14.1 Å². The number of amides is 1. The van der Waals surface area contributed by atoms with Gasteiger partial charge in [0.2, 0.25) is 5.76 Å². The van der Waals surface area contributed by atoms with Crippen molar-refractivity contribution in [1.82, 2.24) is 9.80 Å². The van der Waals surface area contributed by atoms with Gasteiger partial charge in [0.15, 0.2) is 5.43 Å². The van der Waals surface area contributed by atoms with E-state index in [0.29, 0.717) is 48.4 Å². The van der Waals surface area contributed by atoms with Gasteiger partial charge in [0.1, 0.15) is 11.4 Å². The van der Waals surface area contributed by atoms with Crippen LogP contribution in [-0.2, 0) is 11.2 Å². The number of carbonyl (C=O) groups is 1. The molecule has 166 valence electrons. The van der Waals surface area contributed by atoms with Gasteiger partial charge in [-0.15, -0.1) is 0 Å². The number of nitrogens with zero attached hydrogens (tertiary/aromatic N) is 2. The van der Waals surface area contributed by atoms with Crippen molar-refractivity contribution in [1.29, 1.82) is 0 Å². The van der Waals surface area contributed by atoms with E-state index < -0.39 is 6.04 Å². The smallest absolute Gasteiger partial charge is 0.290 e. The summed E-state index contributed by atoms with van der Waals surface area (Å²) in [5, 5.41) is 0.470. The molecule has 2 aliphatic rings. The number of carbonyl (C=O) groups excluding carboxylic acids is 1. The molecule has 2 aliphatic heterocycles. The molecule has 1 aromatic heterocycles. The van der Waals surface area contributed by atoms with Gasteiger partial charge in [-0.3, -0.25) is 14.5 Å². The quantitative estimate of drug-likeness (QED) is 0.614. The first-order valence-electron chi connectivity index (χ1n) is 11.0. The van der Waals surface area contributed by atoms with Crippen LogP contribution in [-0.4, -0.2) is 55.1 Å². The Kier molecular flexibility index (Phi) is 5.53. The van der Waals surface area contributed by atoms with Gasteiger partial charge in [0.25, 0.3) is 5.91 Å². The van der Waals surface area contributed by atoms with Crippen molar-refractivity contribution in [3.63, 3.8) is 0 Å². The molecule has 0 N–H and O–H groups in total. The van der Waals surface area contributed by atoms with E-state index in [1.54, 1.807) is 23.1 Å². The molecule has 1 unspecified atom stereocenters. The second kappa shape index (κ2) is 8.48. The van der Waals surface area contributed by atoms with E-state index in [2.05, 4.69) is 4.90 Å². The van der Waals surface area contributed by atoms with Crippen LogP contribution >= 0.6 is 0 Å². The van der Waals surface area contributed by atoms with Gasteiger partial charge in [0, 0.05) is 26.2 Å². The highest BCUT2D eigenvalue weighted by Crippen LogP contribution is 2.38. The molecule has 0 aliphatic carbocycles. The summed E-state index contributed by atoms with van der Waals surface area (Å²) in [6.45, 7) is 6.06. The number of aryl methyl sites for hydroxylation is 1. The average molecular weight is 436 g/mol. The predicted molar refractivity (Wildman–Crippen MR) is 118 cm³/mol. The summed E-state index contributed by atoms with van der Waals surface area (Å²) in [5.41, 5.74) is 2.26. The van der Waals surface area contributed by atoms with Gasteiger partial charge in [-0.2, -0.15) is 0 Å². The Morgan fingerprint density at radius 3 is 2.50 bits per heavy atom. The molecule has 2 aromatic carbocycles. The second-order valence-electron chi connectivity index (χ2n) is 8.26. The van der Waals surface area contributed by atoms with Crippen LogP contribution in [0.4, 0.5) is 4.39 Å². The minimum Gasteiger partial charge on any atom is -0.450 e. The average Bonchev–Trinajstić information content (AvgIpc) is 3.10. The Morgan fingerprint density at radius 2 is 1.78 bits per heavy atom. The van der Waals surface area contributed by atoms with Gasteiger partial charge in [-0.25, -0.2) is 4.39 Å². The third-order valence-electron chi connectivity index (χ3n) is 6.38. The molecule has 1 fully saturated rings. The molecule has 0 bridgehead atoms. The fourth-order valence-corrected chi connectivity index (χ4v) is 4.58. The number of ether oxygens (including phenoxy) is 1. The summed E-state index contributed by atoms with van der Waals surface area (Å²) in [6, 6.07) is 10.9. The summed E-state index contributed by atoms with van der Waals surface area (Å²) in [6.07, 6.45) is 0.790. The molecule has 32 heavy (non-hydrogen) atoms. The van der Waals surface area contributed by atoms with Crippen molar-refractivity contribution in [2.45, 2.75) is 19.4 Å². The molecule has 1 saturated heterocycles. The summed E-state index contributed by atoms with van der Waals surface area (Å²) < 4.78 is 25.0. The highest BCUT2D eigenvalue weighted by molar-refractivity contribution is 5.99. The molecular formula is C25H25FN2O4. The fourth-order valence-electron chi connectivity index (χ4n) is 4.58. The summed E-state index contributed by atoms with van der Waals surface area (Å²) in [4.78, 5) is 30.9. The zero-order chi connectivity index (χ0) is 22.2. The number of fused-ring (bicyclic) bond motifs is 2. The maximum absolute atomic E-state index is 13.6. The number of halogens is 1. The van der Waals surface area contributed by atoms with Crippen LogP contribution in [0.5, 0.6) is 0 Å². The van der Waals surface area contributed by atoms with Crippen LogP contribution in [0.2, 0.25) is 0 Å². The molecule has 0 radical (unpaired) electrons. The number of rotatable bonds is 5. The van der Waals surface area contributed by atoms with Crippen LogP contribution in [0.15, 0.2) is 51.7 Å². The standard InChI is InChI=1S/C25H25FN2O4/c1-2-16-3-8-20-19(15-16)23(29)21-22(17-4-6-18(26)7-5-17)28(25(30)24(21)32-20)10-9-27-11-13-31-14-12-27/h3-8,15,22H,2,9-14H2,1H3. The highest BCUT2D eigenvalue weighted by atomic mass is 19.1. The first-order valence-corrected chi connectivity index (χ1v) is 11.0. The van der Waals surface area contributed by atoms with Crippen molar-refractivity contribution in [2.24, 2.45) is 0 Å². The molecule has 0 spiro atoms. The highest BCUT2D eigenvalue weighted by Gasteiger charge is 2.42. The monoisotopic (exact) mass is 436 g/mol. The van der Waals surface area contributed by atoms with Gasteiger partial charge in [-0.1, -0.05) is 25.1 Å². The normalized spacial score (nSPS) is 19.0. The van der Waals surface area contributed by atoms with Gasteiger partial charge in [-0.05, 0) is 41.8 Å². The third-order valence-corrected chi connectivity index (χ3v) is 6.38. The minimum atomic E-state index is -0.606. The number of hydrogen-bond acceptors (Lipinski definition) is 5. The van der Waals surface area contributed by atoms with E-state index in [9.17, 15) is 14.0 Å². The lowest BCUT2D eigenvalue weighted by molar-refractivity contribution is 0.0314. The van der Waals surface area contributed by atoms with E-state index >= 15 is 0 Å². The maximum Gasteiger partial charge on any atom is 0.290 e. The molecule has 3 aromatic rings. The lowest BCUT2D eigenvalue weighted by atomic mass is 9.98. The van der Waals surface area contributed by atoms with Crippen molar-refractivity contribution in [3.05, 3.63) is 81.0 Å². The Bertz CT molecular complexity index is 1220. The van der Waals surface area contributed by atoms with Crippen molar-refractivity contribution in [2.75, 3.05) is 39.4 Å². The Balaban J connectivity index is 1.60. The molecule has 1 amide bonds. The molecular weight excluding hydrogens is 411 g/mol. The first-order chi connectivity index (χ1) is 15.6. The lowest BCUT2D eigenvalue weighted by Crippen LogP contribution is -2.42. The van der Waals surface area contributed by atoms with E-state index in [-0.39, 0.29) is 22.9 Å². The molecule has 7 heteroatoms. The third kappa shape index (κ3) is 3.61. The fraction of sp³-hybridized carbons (Fsp3) is 0.360. The van der Waals surface area contributed by atoms with Gasteiger partial charge in [0.05, 0.1) is 30.2 Å². The summed E-state index contributed by atoms with van der Waals surface area (Å²) in [7, 11) is 0. The zero-order valence-corrected chi connectivity index (χ0v) is 18.0. The van der Waals surface area contributed by atoms with E-state index in [1.165, 1.54) is 12.1 Å². The van der Waals surface area contributed by atoms with Gasteiger partial charge >= 0.3 is 0 Å². The summed E-state index contributed by atoms with van der Waals surface area (Å²) >= 11 is 0. The SMILES string of the molecule is CCc1ccc2oc3c(c(=O)c2c1)C(c1ccc(F)cc1)N(CCN1CCOCC1)C3=O. The number of benzene rings is 2. The molecule has 0 saturated carbocycles. The Labute approximate surface area is 185 Å². The second-order valence-corrected chi connectivity index (χ2v) is 8.26. The molecule has 1 atom stereocenters.